The van der Waals surface area contributed by atoms with E-state index in [-0.39, 0.29) is 12.0 Å². The SMILES string of the molecule is Cc1ccc(S(=O)(=O)NC(CI)C(C)C)c(C)c1. The van der Waals surface area contributed by atoms with Crippen molar-refractivity contribution in [3.8, 4) is 0 Å². The van der Waals surface area contributed by atoms with Crippen LogP contribution < -0.4 is 4.72 Å². The van der Waals surface area contributed by atoms with E-state index < -0.39 is 10.0 Å². The Labute approximate surface area is 124 Å². The topological polar surface area (TPSA) is 46.2 Å². The average Bonchev–Trinajstić information content (AvgIpc) is 2.24. The lowest BCUT2D eigenvalue weighted by Gasteiger charge is -2.20. The molecule has 0 aliphatic rings. The number of aryl methyl sites for hydroxylation is 2. The Kier molecular flexibility index (Phi) is 5.61. The van der Waals surface area contributed by atoms with Crippen molar-refractivity contribution in [2.24, 2.45) is 5.92 Å². The molecule has 1 atom stereocenters. The summed E-state index contributed by atoms with van der Waals surface area (Å²) in [4.78, 5) is 0.378. The van der Waals surface area contributed by atoms with E-state index in [1.54, 1.807) is 6.07 Å². The maximum Gasteiger partial charge on any atom is 0.241 e. The van der Waals surface area contributed by atoms with E-state index in [1.165, 1.54) is 0 Å². The van der Waals surface area contributed by atoms with E-state index in [9.17, 15) is 8.42 Å². The molecule has 1 rings (SSSR count). The number of sulfonamides is 1. The van der Waals surface area contributed by atoms with Gasteiger partial charge in [-0.1, -0.05) is 54.1 Å². The Bertz CT molecular complexity index is 512. The smallest absolute Gasteiger partial charge is 0.207 e. The molecule has 0 radical (unpaired) electrons. The molecule has 1 aromatic carbocycles. The monoisotopic (exact) mass is 381 g/mol. The quantitative estimate of drug-likeness (QED) is 0.630. The predicted molar refractivity (Wildman–Crippen MR) is 83.8 cm³/mol. The summed E-state index contributed by atoms with van der Waals surface area (Å²) in [7, 11) is -3.42. The van der Waals surface area contributed by atoms with Crippen LogP contribution in [0.3, 0.4) is 0 Å². The summed E-state index contributed by atoms with van der Waals surface area (Å²) in [5.41, 5.74) is 1.86. The van der Waals surface area contributed by atoms with Crippen molar-refractivity contribution in [3.05, 3.63) is 29.3 Å². The number of halogens is 1. The first-order chi connectivity index (χ1) is 8.27. The third-order valence-corrected chi connectivity index (χ3v) is 5.50. The predicted octanol–water partition coefficient (Wildman–Crippen LogP) is 3.04. The Morgan fingerprint density at radius 2 is 1.89 bits per heavy atom. The van der Waals surface area contributed by atoms with Crippen LogP contribution >= 0.6 is 22.6 Å². The summed E-state index contributed by atoms with van der Waals surface area (Å²) in [5, 5.41) is 0. The van der Waals surface area contributed by atoms with Gasteiger partial charge in [-0.3, -0.25) is 0 Å². The lowest BCUT2D eigenvalue weighted by atomic mass is 10.1. The summed E-state index contributed by atoms with van der Waals surface area (Å²) >= 11 is 2.21. The molecule has 0 amide bonds. The fourth-order valence-electron chi connectivity index (χ4n) is 1.71. The molecule has 1 N–H and O–H groups in total. The molecule has 0 fully saturated rings. The van der Waals surface area contributed by atoms with Gasteiger partial charge in [0.05, 0.1) is 4.90 Å². The van der Waals surface area contributed by atoms with Crippen LogP contribution in [-0.2, 0) is 10.0 Å². The third kappa shape index (κ3) is 3.93. The average molecular weight is 381 g/mol. The van der Waals surface area contributed by atoms with Gasteiger partial charge in [0.25, 0.3) is 0 Å². The third-order valence-electron chi connectivity index (χ3n) is 2.90. The molecule has 18 heavy (non-hydrogen) atoms. The summed E-state index contributed by atoms with van der Waals surface area (Å²) in [6.07, 6.45) is 0. The van der Waals surface area contributed by atoms with Crippen LogP contribution in [0.5, 0.6) is 0 Å². The first-order valence-corrected chi connectivity index (χ1v) is 8.94. The largest absolute Gasteiger partial charge is 0.241 e. The number of hydrogen-bond acceptors (Lipinski definition) is 2. The second-order valence-corrected chi connectivity index (χ2v) is 7.46. The van der Waals surface area contributed by atoms with Gasteiger partial charge in [0, 0.05) is 10.5 Å². The molecule has 0 saturated heterocycles. The van der Waals surface area contributed by atoms with Gasteiger partial charge in [-0.2, -0.15) is 0 Å². The number of nitrogens with one attached hydrogen (secondary N) is 1. The maximum absolute atomic E-state index is 12.3. The van der Waals surface area contributed by atoms with Crippen LogP contribution in [0.15, 0.2) is 23.1 Å². The van der Waals surface area contributed by atoms with Crippen molar-refractivity contribution in [1.29, 1.82) is 0 Å². The lowest BCUT2D eigenvalue weighted by molar-refractivity contribution is 0.486. The minimum atomic E-state index is -3.42. The minimum Gasteiger partial charge on any atom is -0.207 e. The molecular weight excluding hydrogens is 361 g/mol. The summed E-state index contributed by atoms with van der Waals surface area (Å²) in [6.45, 7) is 7.83. The number of alkyl halides is 1. The van der Waals surface area contributed by atoms with Crippen molar-refractivity contribution in [2.75, 3.05) is 4.43 Å². The molecule has 0 aliphatic carbocycles. The van der Waals surface area contributed by atoms with Gasteiger partial charge in [-0.25, -0.2) is 13.1 Å². The molecule has 102 valence electrons. The molecule has 0 heterocycles. The Balaban J connectivity index is 3.06. The highest BCUT2D eigenvalue weighted by Crippen LogP contribution is 2.18. The Morgan fingerprint density at radius 1 is 1.28 bits per heavy atom. The van der Waals surface area contributed by atoms with Crippen molar-refractivity contribution in [3.63, 3.8) is 0 Å². The molecule has 1 unspecified atom stereocenters. The molecule has 0 bridgehead atoms. The lowest BCUT2D eigenvalue weighted by Crippen LogP contribution is -2.39. The molecule has 1 aromatic rings. The molecular formula is C13H20INO2S. The molecule has 0 aromatic heterocycles. The van der Waals surface area contributed by atoms with E-state index in [2.05, 4.69) is 27.3 Å². The Morgan fingerprint density at radius 3 is 2.33 bits per heavy atom. The maximum atomic E-state index is 12.3. The van der Waals surface area contributed by atoms with Crippen LogP contribution in [0.4, 0.5) is 0 Å². The van der Waals surface area contributed by atoms with Gasteiger partial charge in [-0.05, 0) is 31.4 Å². The van der Waals surface area contributed by atoms with Crippen molar-refractivity contribution >= 4 is 32.6 Å². The summed E-state index contributed by atoms with van der Waals surface area (Å²) < 4.78 is 28.2. The van der Waals surface area contributed by atoms with Gasteiger partial charge in [-0.15, -0.1) is 0 Å². The Hall–Kier alpha value is -0.140. The molecule has 0 saturated carbocycles. The molecule has 0 aliphatic heterocycles. The van der Waals surface area contributed by atoms with Crippen LogP contribution in [0, 0.1) is 19.8 Å². The van der Waals surface area contributed by atoms with Gasteiger partial charge >= 0.3 is 0 Å². The number of benzene rings is 1. The zero-order valence-electron chi connectivity index (χ0n) is 11.2. The summed E-state index contributed by atoms with van der Waals surface area (Å²) in [6, 6.07) is 5.37. The van der Waals surface area contributed by atoms with E-state index >= 15 is 0 Å². The normalized spacial score (nSPS) is 13.9. The fraction of sp³-hybridized carbons (Fsp3) is 0.538. The molecule has 0 spiro atoms. The number of hydrogen-bond donors (Lipinski definition) is 1. The fourth-order valence-corrected chi connectivity index (χ4v) is 4.86. The van der Waals surface area contributed by atoms with Gasteiger partial charge in [0.2, 0.25) is 10.0 Å². The highest BCUT2D eigenvalue weighted by atomic mass is 127. The van der Waals surface area contributed by atoms with E-state index in [0.717, 1.165) is 15.6 Å². The zero-order valence-corrected chi connectivity index (χ0v) is 14.2. The highest BCUT2D eigenvalue weighted by Gasteiger charge is 2.22. The second kappa shape index (κ2) is 6.34. The van der Waals surface area contributed by atoms with Gasteiger partial charge < -0.3 is 0 Å². The summed E-state index contributed by atoms with van der Waals surface area (Å²) in [5.74, 6) is 0.280. The van der Waals surface area contributed by atoms with Gasteiger partial charge in [0.15, 0.2) is 0 Å². The molecule has 5 heteroatoms. The van der Waals surface area contributed by atoms with E-state index in [4.69, 9.17) is 0 Å². The standard InChI is InChI=1S/C13H20INO2S/c1-9(2)12(8-14)15-18(16,17)13-6-5-10(3)7-11(13)4/h5-7,9,12,15H,8H2,1-4H3. The van der Waals surface area contributed by atoms with Crippen LogP contribution in [0.1, 0.15) is 25.0 Å². The first-order valence-electron chi connectivity index (χ1n) is 5.93. The molecule has 3 nitrogen and oxygen atoms in total. The highest BCUT2D eigenvalue weighted by molar-refractivity contribution is 14.1. The number of rotatable bonds is 5. The van der Waals surface area contributed by atoms with Crippen LogP contribution in [0.25, 0.3) is 0 Å². The first kappa shape index (κ1) is 15.9. The van der Waals surface area contributed by atoms with Crippen molar-refractivity contribution in [2.45, 2.75) is 38.6 Å². The van der Waals surface area contributed by atoms with Crippen molar-refractivity contribution < 1.29 is 8.42 Å². The minimum absolute atomic E-state index is 0.0312. The van der Waals surface area contributed by atoms with Crippen molar-refractivity contribution in [1.82, 2.24) is 4.72 Å². The van der Waals surface area contributed by atoms with Gasteiger partial charge in [0.1, 0.15) is 0 Å². The van der Waals surface area contributed by atoms with Crippen LogP contribution in [-0.4, -0.2) is 18.9 Å². The van der Waals surface area contributed by atoms with E-state index in [0.29, 0.717) is 4.90 Å². The van der Waals surface area contributed by atoms with Crippen LogP contribution in [0.2, 0.25) is 0 Å². The van der Waals surface area contributed by atoms with E-state index in [1.807, 2.05) is 39.8 Å². The second-order valence-electron chi connectivity index (χ2n) is 4.90. The zero-order chi connectivity index (χ0) is 13.9.